The van der Waals surface area contributed by atoms with Crippen LogP contribution in [-0.2, 0) is 19.1 Å². The standard InChI is InChI=1S/C21H24N2O7/c1-20(2,3)29-19(27)22-10-21(11-22)9-13(28-12-21)8-16(24)30-23-17(25)14-6-4-5-7-15(14)18(23)26/h4-7,13H,8-12H2,1-3H3. The number of hydrogen-bond acceptors (Lipinski definition) is 7. The van der Waals surface area contributed by atoms with Crippen LogP contribution in [0.4, 0.5) is 4.79 Å². The van der Waals surface area contributed by atoms with Crippen molar-refractivity contribution in [2.24, 2.45) is 5.41 Å². The minimum atomic E-state index is -0.713. The first-order valence-corrected chi connectivity index (χ1v) is 9.85. The number of imide groups is 1. The molecule has 0 aliphatic carbocycles. The van der Waals surface area contributed by atoms with Gasteiger partial charge in [-0.15, -0.1) is 0 Å². The summed E-state index contributed by atoms with van der Waals surface area (Å²) in [6.07, 6.45) is -0.249. The van der Waals surface area contributed by atoms with Crippen molar-refractivity contribution in [1.29, 1.82) is 0 Å². The molecule has 0 N–H and O–H groups in total. The second kappa shape index (κ2) is 7.09. The molecule has 1 aromatic rings. The minimum absolute atomic E-state index is 0.0818. The molecular formula is C21H24N2O7. The molecule has 4 rings (SSSR count). The summed E-state index contributed by atoms with van der Waals surface area (Å²) in [5.41, 5.74) is -0.328. The maximum absolute atomic E-state index is 12.3. The number of nitrogens with zero attached hydrogens (tertiary/aromatic N) is 2. The molecule has 30 heavy (non-hydrogen) atoms. The summed E-state index contributed by atoms with van der Waals surface area (Å²) >= 11 is 0. The molecule has 0 aromatic heterocycles. The van der Waals surface area contributed by atoms with Crippen LogP contribution >= 0.6 is 0 Å². The highest BCUT2D eigenvalue weighted by Gasteiger charge is 2.52. The third kappa shape index (κ3) is 3.77. The van der Waals surface area contributed by atoms with E-state index in [9.17, 15) is 19.2 Å². The summed E-state index contributed by atoms with van der Waals surface area (Å²) in [5.74, 6) is -2.02. The van der Waals surface area contributed by atoms with Gasteiger partial charge in [0.1, 0.15) is 5.60 Å². The Morgan fingerprint density at radius 3 is 2.30 bits per heavy atom. The van der Waals surface area contributed by atoms with E-state index in [-0.39, 0.29) is 29.1 Å². The molecule has 0 bridgehead atoms. The number of ether oxygens (including phenoxy) is 2. The normalized spacial score (nSPS) is 22.2. The molecule has 9 heteroatoms. The average Bonchev–Trinajstić information content (AvgIpc) is 3.15. The average molecular weight is 416 g/mol. The van der Waals surface area contributed by atoms with E-state index in [1.807, 2.05) is 20.8 Å². The van der Waals surface area contributed by atoms with E-state index in [4.69, 9.17) is 14.3 Å². The Morgan fingerprint density at radius 1 is 1.13 bits per heavy atom. The Labute approximate surface area is 173 Å². The summed E-state index contributed by atoms with van der Waals surface area (Å²) in [7, 11) is 0. The van der Waals surface area contributed by atoms with Crippen molar-refractivity contribution in [2.75, 3.05) is 19.7 Å². The molecule has 3 aliphatic heterocycles. The van der Waals surface area contributed by atoms with E-state index >= 15 is 0 Å². The first kappa shape index (κ1) is 20.3. The van der Waals surface area contributed by atoms with Crippen molar-refractivity contribution in [2.45, 2.75) is 45.3 Å². The van der Waals surface area contributed by atoms with Crippen LogP contribution in [0.5, 0.6) is 0 Å². The van der Waals surface area contributed by atoms with E-state index in [1.54, 1.807) is 17.0 Å². The van der Waals surface area contributed by atoms with E-state index in [2.05, 4.69) is 0 Å². The molecule has 1 aromatic carbocycles. The lowest BCUT2D eigenvalue weighted by molar-refractivity contribution is -0.170. The highest BCUT2D eigenvalue weighted by molar-refractivity contribution is 6.20. The molecule has 3 aliphatic rings. The first-order valence-electron chi connectivity index (χ1n) is 9.85. The van der Waals surface area contributed by atoms with Crippen molar-refractivity contribution in [1.82, 2.24) is 9.96 Å². The molecule has 160 valence electrons. The van der Waals surface area contributed by atoms with Gasteiger partial charge in [-0.1, -0.05) is 17.2 Å². The fourth-order valence-corrected chi connectivity index (χ4v) is 4.04. The second-order valence-electron chi connectivity index (χ2n) is 9.09. The molecule has 3 heterocycles. The van der Waals surface area contributed by atoms with Crippen LogP contribution in [0.25, 0.3) is 0 Å². The molecule has 1 spiro atoms. The zero-order chi connectivity index (χ0) is 21.7. The van der Waals surface area contributed by atoms with Crippen molar-refractivity contribution in [3.05, 3.63) is 35.4 Å². The minimum Gasteiger partial charge on any atom is -0.444 e. The van der Waals surface area contributed by atoms with Gasteiger partial charge in [0.2, 0.25) is 0 Å². The van der Waals surface area contributed by atoms with Crippen LogP contribution in [0.2, 0.25) is 0 Å². The smallest absolute Gasteiger partial charge is 0.410 e. The largest absolute Gasteiger partial charge is 0.444 e. The third-order valence-electron chi connectivity index (χ3n) is 5.33. The highest BCUT2D eigenvalue weighted by Crippen LogP contribution is 2.42. The van der Waals surface area contributed by atoms with Crippen molar-refractivity contribution in [3.63, 3.8) is 0 Å². The van der Waals surface area contributed by atoms with Gasteiger partial charge in [0.15, 0.2) is 0 Å². The van der Waals surface area contributed by atoms with Crippen LogP contribution in [-0.4, -0.2) is 65.2 Å². The summed E-state index contributed by atoms with van der Waals surface area (Å²) in [6.45, 7) is 6.88. The fraction of sp³-hybridized carbons (Fsp3) is 0.524. The van der Waals surface area contributed by atoms with Gasteiger partial charge in [-0.3, -0.25) is 9.59 Å². The van der Waals surface area contributed by atoms with Gasteiger partial charge >= 0.3 is 12.1 Å². The Hall–Kier alpha value is -2.94. The van der Waals surface area contributed by atoms with E-state index in [0.29, 0.717) is 31.2 Å². The molecule has 3 amide bonds. The van der Waals surface area contributed by atoms with Crippen LogP contribution in [0.3, 0.4) is 0 Å². The predicted octanol–water partition coefficient (Wildman–Crippen LogP) is 2.16. The third-order valence-corrected chi connectivity index (χ3v) is 5.33. The quantitative estimate of drug-likeness (QED) is 0.696. The first-order chi connectivity index (χ1) is 14.1. The lowest BCUT2D eigenvalue weighted by Gasteiger charge is -2.47. The molecule has 0 saturated carbocycles. The number of amides is 3. The Kier molecular flexibility index (Phi) is 4.80. The molecule has 0 radical (unpaired) electrons. The Bertz CT molecular complexity index is 879. The molecule has 9 nitrogen and oxygen atoms in total. The van der Waals surface area contributed by atoms with Crippen molar-refractivity contribution >= 4 is 23.9 Å². The number of rotatable bonds is 3. The van der Waals surface area contributed by atoms with Gasteiger partial charge in [0, 0.05) is 18.5 Å². The number of hydrogen-bond donors (Lipinski definition) is 0. The van der Waals surface area contributed by atoms with Gasteiger partial charge in [-0.05, 0) is 39.3 Å². The van der Waals surface area contributed by atoms with Gasteiger partial charge in [-0.25, -0.2) is 9.59 Å². The van der Waals surface area contributed by atoms with Crippen LogP contribution < -0.4 is 0 Å². The SMILES string of the molecule is CC(C)(C)OC(=O)N1CC2(COC(CC(=O)ON3C(=O)c4ccccc4C3=O)C2)C1. The van der Waals surface area contributed by atoms with Crippen LogP contribution in [0, 0.1) is 5.41 Å². The lowest BCUT2D eigenvalue weighted by Crippen LogP contribution is -2.59. The van der Waals surface area contributed by atoms with Gasteiger partial charge < -0.3 is 19.2 Å². The number of fused-ring (bicyclic) bond motifs is 1. The molecule has 2 saturated heterocycles. The van der Waals surface area contributed by atoms with E-state index in [0.717, 1.165) is 0 Å². The Balaban J connectivity index is 1.27. The number of carbonyl (C=O) groups is 4. The van der Waals surface area contributed by atoms with Crippen molar-refractivity contribution in [3.8, 4) is 0 Å². The highest BCUT2D eigenvalue weighted by atomic mass is 16.7. The van der Waals surface area contributed by atoms with Gasteiger partial charge in [0.05, 0.1) is 30.3 Å². The van der Waals surface area contributed by atoms with Gasteiger partial charge in [0.25, 0.3) is 11.8 Å². The number of hydroxylamine groups is 2. The van der Waals surface area contributed by atoms with Crippen LogP contribution in [0.15, 0.2) is 24.3 Å². The zero-order valence-electron chi connectivity index (χ0n) is 17.2. The fourth-order valence-electron chi connectivity index (χ4n) is 4.04. The second-order valence-corrected chi connectivity index (χ2v) is 9.09. The lowest BCUT2D eigenvalue weighted by atomic mass is 9.78. The number of benzene rings is 1. The van der Waals surface area contributed by atoms with Crippen molar-refractivity contribution < 1.29 is 33.5 Å². The summed E-state index contributed by atoms with van der Waals surface area (Å²) in [5, 5.41) is 0.505. The summed E-state index contributed by atoms with van der Waals surface area (Å²) < 4.78 is 11.1. The monoisotopic (exact) mass is 416 g/mol. The Morgan fingerprint density at radius 2 is 1.73 bits per heavy atom. The zero-order valence-corrected chi connectivity index (χ0v) is 17.2. The summed E-state index contributed by atoms with van der Waals surface area (Å²) in [6, 6.07) is 6.31. The van der Waals surface area contributed by atoms with Gasteiger partial charge in [-0.2, -0.15) is 0 Å². The molecule has 1 unspecified atom stereocenters. The molecular weight excluding hydrogens is 392 g/mol. The number of carbonyl (C=O) groups excluding carboxylic acids is 4. The number of likely N-dealkylation sites (tertiary alicyclic amines) is 1. The maximum Gasteiger partial charge on any atom is 0.410 e. The summed E-state index contributed by atoms with van der Waals surface area (Å²) in [4.78, 5) is 55.7. The maximum atomic E-state index is 12.3. The molecule has 1 atom stereocenters. The predicted molar refractivity (Wildman–Crippen MR) is 102 cm³/mol. The van der Waals surface area contributed by atoms with E-state index in [1.165, 1.54) is 12.1 Å². The van der Waals surface area contributed by atoms with E-state index < -0.39 is 29.5 Å². The molecule has 2 fully saturated rings. The van der Waals surface area contributed by atoms with Crippen LogP contribution in [0.1, 0.15) is 54.3 Å². The topological polar surface area (TPSA) is 102 Å².